The largest absolute Gasteiger partial charge is 0.508 e. The fraction of sp³-hybridized carbons (Fsp3) is 0.118. The summed E-state index contributed by atoms with van der Waals surface area (Å²) < 4.78 is 18.1. The number of hydrogen-bond donors (Lipinski definition) is 1. The standard InChI is InChI=1S/C17H15FO3/c1-11-9-12(3-8-16(11)18)10-15(17(20)21-2)13-4-6-14(19)7-5-13/h3-10,19H,1-2H3/b15-10+. The minimum absolute atomic E-state index is 0.112. The molecule has 1 N–H and O–H groups in total. The minimum Gasteiger partial charge on any atom is -0.508 e. The Morgan fingerprint density at radius 1 is 1.19 bits per heavy atom. The maximum Gasteiger partial charge on any atom is 0.338 e. The molecule has 0 spiro atoms. The van der Waals surface area contributed by atoms with Crippen LogP contribution in [0.5, 0.6) is 5.75 Å². The average Bonchev–Trinajstić information content (AvgIpc) is 2.48. The number of phenolic OH excluding ortho intramolecular Hbond substituents is 1. The lowest BCUT2D eigenvalue weighted by Crippen LogP contribution is -2.03. The Morgan fingerprint density at radius 3 is 2.43 bits per heavy atom. The lowest BCUT2D eigenvalue weighted by atomic mass is 10.0. The minimum atomic E-state index is -0.498. The number of carbonyl (C=O) groups is 1. The number of methoxy groups -OCH3 is 1. The molecule has 0 aliphatic carbocycles. The number of benzene rings is 2. The molecule has 0 amide bonds. The first-order valence-electron chi connectivity index (χ1n) is 6.37. The number of esters is 1. The van der Waals surface area contributed by atoms with Crippen molar-refractivity contribution in [2.24, 2.45) is 0 Å². The van der Waals surface area contributed by atoms with Crippen LogP contribution in [-0.4, -0.2) is 18.2 Å². The van der Waals surface area contributed by atoms with Crippen LogP contribution in [0.25, 0.3) is 11.6 Å². The van der Waals surface area contributed by atoms with E-state index >= 15 is 0 Å². The van der Waals surface area contributed by atoms with Gasteiger partial charge in [0.2, 0.25) is 0 Å². The van der Waals surface area contributed by atoms with Crippen LogP contribution < -0.4 is 0 Å². The van der Waals surface area contributed by atoms with Crippen molar-refractivity contribution in [1.82, 2.24) is 0 Å². The molecule has 0 bridgehead atoms. The summed E-state index contributed by atoms with van der Waals surface area (Å²) in [4.78, 5) is 11.9. The summed E-state index contributed by atoms with van der Waals surface area (Å²) in [5, 5.41) is 9.31. The first-order chi connectivity index (χ1) is 10.0. The van der Waals surface area contributed by atoms with Crippen molar-refractivity contribution in [3.8, 4) is 5.75 Å². The number of carbonyl (C=O) groups excluding carboxylic acids is 1. The van der Waals surface area contributed by atoms with Crippen molar-refractivity contribution in [3.63, 3.8) is 0 Å². The molecule has 108 valence electrons. The van der Waals surface area contributed by atoms with Crippen molar-refractivity contribution in [1.29, 1.82) is 0 Å². The fourth-order valence-corrected chi connectivity index (χ4v) is 1.94. The van der Waals surface area contributed by atoms with Gasteiger partial charge in [0.25, 0.3) is 0 Å². The normalized spacial score (nSPS) is 11.3. The highest BCUT2D eigenvalue weighted by molar-refractivity contribution is 6.21. The number of aryl methyl sites for hydroxylation is 1. The van der Waals surface area contributed by atoms with Gasteiger partial charge in [-0.3, -0.25) is 0 Å². The molecular formula is C17H15FO3. The Labute approximate surface area is 122 Å². The van der Waals surface area contributed by atoms with E-state index in [1.165, 1.54) is 25.3 Å². The van der Waals surface area contributed by atoms with E-state index in [-0.39, 0.29) is 11.6 Å². The third kappa shape index (κ3) is 3.48. The predicted octanol–water partition coefficient (Wildman–Crippen LogP) is 3.55. The number of aromatic hydroxyl groups is 1. The Morgan fingerprint density at radius 2 is 1.86 bits per heavy atom. The summed E-state index contributed by atoms with van der Waals surface area (Å²) in [5.41, 5.74) is 2.14. The molecule has 0 heterocycles. The Kier molecular flexibility index (Phi) is 4.38. The van der Waals surface area contributed by atoms with E-state index in [1.807, 2.05) is 0 Å². The highest BCUT2D eigenvalue weighted by Crippen LogP contribution is 2.22. The number of rotatable bonds is 3. The summed E-state index contributed by atoms with van der Waals surface area (Å²) >= 11 is 0. The second-order valence-corrected chi connectivity index (χ2v) is 4.61. The molecule has 2 rings (SSSR count). The molecule has 2 aromatic rings. The highest BCUT2D eigenvalue weighted by Gasteiger charge is 2.13. The third-order valence-corrected chi connectivity index (χ3v) is 3.08. The summed E-state index contributed by atoms with van der Waals surface area (Å²) in [6, 6.07) is 10.8. The van der Waals surface area contributed by atoms with Crippen LogP contribution in [-0.2, 0) is 9.53 Å². The van der Waals surface area contributed by atoms with Crippen LogP contribution in [0.2, 0.25) is 0 Å². The van der Waals surface area contributed by atoms with Crippen LogP contribution in [0.15, 0.2) is 42.5 Å². The quantitative estimate of drug-likeness (QED) is 0.533. The lowest BCUT2D eigenvalue weighted by Gasteiger charge is -2.07. The highest BCUT2D eigenvalue weighted by atomic mass is 19.1. The van der Waals surface area contributed by atoms with Gasteiger partial charge in [-0.15, -0.1) is 0 Å². The first-order valence-corrected chi connectivity index (χ1v) is 6.37. The average molecular weight is 286 g/mol. The molecule has 0 unspecified atom stereocenters. The second-order valence-electron chi connectivity index (χ2n) is 4.61. The molecule has 21 heavy (non-hydrogen) atoms. The van der Waals surface area contributed by atoms with E-state index in [0.717, 1.165) is 0 Å². The molecule has 3 nitrogen and oxygen atoms in total. The predicted molar refractivity (Wildman–Crippen MR) is 79.1 cm³/mol. The van der Waals surface area contributed by atoms with E-state index in [4.69, 9.17) is 4.74 Å². The van der Waals surface area contributed by atoms with Gasteiger partial charge in [-0.1, -0.05) is 18.2 Å². The molecule has 0 fully saturated rings. The van der Waals surface area contributed by atoms with Gasteiger partial charge in [0.15, 0.2) is 0 Å². The lowest BCUT2D eigenvalue weighted by molar-refractivity contribution is -0.133. The van der Waals surface area contributed by atoms with Crippen LogP contribution in [0.1, 0.15) is 16.7 Å². The van der Waals surface area contributed by atoms with Crippen molar-refractivity contribution in [2.75, 3.05) is 7.11 Å². The van der Waals surface area contributed by atoms with Crippen molar-refractivity contribution in [3.05, 3.63) is 65.0 Å². The Hall–Kier alpha value is -2.62. The molecule has 0 atom stereocenters. The van der Waals surface area contributed by atoms with E-state index in [0.29, 0.717) is 22.3 Å². The van der Waals surface area contributed by atoms with Crippen LogP contribution in [0.3, 0.4) is 0 Å². The monoisotopic (exact) mass is 286 g/mol. The topological polar surface area (TPSA) is 46.5 Å². The number of ether oxygens (including phenoxy) is 1. The third-order valence-electron chi connectivity index (χ3n) is 3.08. The van der Waals surface area contributed by atoms with E-state index < -0.39 is 5.97 Å². The van der Waals surface area contributed by atoms with Crippen LogP contribution in [0.4, 0.5) is 4.39 Å². The van der Waals surface area contributed by atoms with Gasteiger partial charge >= 0.3 is 5.97 Å². The summed E-state index contributed by atoms with van der Waals surface area (Å²) in [6.07, 6.45) is 1.63. The molecule has 0 saturated carbocycles. The van der Waals surface area contributed by atoms with E-state index in [9.17, 15) is 14.3 Å². The molecular weight excluding hydrogens is 271 g/mol. The zero-order valence-corrected chi connectivity index (χ0v) is 11.8. The molecule has 2 aromatic carbocycles. The van der Waals surface area contributed by atoms with Crippen molar-refractivity contribution >= 4 is 17.6 Å². The maximum absolute atomic E-state index is 13.3. The summed E-state index contributed by atoms with van der Waals surface area (Å²) in [7, 11) is 1.30. The number of phenols is 1. The Balaban J connectivity index is 2.49. The molecule has 0 radical (unpaired) electrons. The maximum atomic E-state index is 13.3. The van der Waals surface area contributed by atoms with Gasteiger partial charge in [0.05, 0.1) is 12.7 Å². The Bertz CT molecular complexity index is 688. The van der Waals surface area contributed by atoms with Crippen LogP contribution >= 0.6 is 0 Å². The molecule has 0 aromatic heterocycles. The molecule has 0 aliphatic heterocycles. The van der Waals surface area contributed by atoms with Gasteiger partial charge in [-0.05, 0) is 54.0 Å². The van der Waals surface area contributed by atoms with E-state index in [1.54, 1.807) is 37.3 Å². The fourth-order valence-electron chi connectivity index (χ4n) is 1.94. The van der Waals surface area contributed by atoms with Gasteiger partial charge in [-0.2, -0.15) is 0 Å². The van der Waals surface area contributed by atoms with Gasteiger partial charge < -0.3 is 9.84 Å². The molecule has 0 aliphatic rings. The van der Waals surface area contributed by atoms with E-state index in [2.05, 4.69) is 0 Å². The smallest absolute Gasteiger partial charge is 0.338 e. The number of hydrogen-bond acceptors (Lipinski definition) is 3. The SMILES string of the molecule is COC(=O)/C(=C/c1ccc(F)c(C)c1)c1ccc(O)cc1. The molecule has 0 saturated heterocycles. The zero-order chi connectivity index (χ0) is 15.4. The van der Waals surface area contributed by atoms with Crippen molar-refractivity contribution < 1.29 is 19.0 Å². The molecule has 4 heteroatoms. The summed E-state index contributed by atoms with van der Waals surface area (Å²) in [5.74, 6) is -0.681. The first kappa shape index (κ1) is 14.8. The van der Waals surface area contributed by atoms with Gasteiger partial charge in [0, 0.05) is 0 Å². The number of halogens is 1. The van der Waals surface area contributed by atoms with Gasteiger partial charge in [0.1, 0.15) is 11.6 Å². The zero-order valence-electron chi connectivity index (χ0n) is 11.8. The summed E-state index contributed by atoms with van der Waals surface area (Å²) in [6.45, 7) is 1.66. The van der Waals surface area contributed by atoms with Crippen LogP contribution in [0, 0.1) is 12.7 Å². The van der Waals surface area contributed by atoms with Crippen molar-refractivity contribution in [2.45, 2.75) is 6.92 Å². The second kappa shape index (κ2) is 6.22. The van der Waals surface area contributed by atoms with Gasteiger partial charge in [-0.25, -0.2) is 9.18 Å².